The number of rotatable bonds is 5. The van der Waals surface area contributed by atoms with Gasteiger partial charge in [0.25, 0.3) is 5.91 Å². The number of carbonyl (C=O) groups excluding carboxylic acids is 1. The SMILES string of the molecule is CCSC1=C(C#N)C(c2ccco2)C(C(=O)Nc2ccccc2)=C(C)N1. The average molecular weight is 365 g/mol. The van der Waals surface area contributed by atoms with Crippen LogP contribution in [-0.2, 0) is 4.79 Å². The molecule has 1 atom stereocenters. The molecule has 0 saturated heterocycles. The Kier molecular flexibility index (Phi) is 5.49. The number of carbonyl (C=O) groups is 1. The number of benzene rings is 1. The van der Waals surface area contributed by atoms with Gasteiger partial charge in [-0.3, -0.25) is 4.79 Å². The lowest BCUT2D eigenvalue weighted by atomic mass is 9.85. The van der Waals surface area contributed by atoms with Crippen LogP contribution < -0.4 is 10.6 Å². The van der Waals surface area contributed by atoms with Crippen molar-refractivity contribution in [1.82, 2.24) is 5.32 Å². The molecule has 1 aliphatic rings. The fourth-order valence-corrected chi connectivity index (χ4v) is 3.76. The standard InChI is InChI=1S/C20H19N3O2S/c1-3-26-20-15(12-21)18(16-10-7-11-25-16)17(13(2)22-20)19(24)23-14-8-5-4-6-9-14/h4-11,18,22H,3H2,1-2H3,(H,23,24). The molecule has 2 heterocycles. The van der Waals surface area contributed by atoms with Crippen LogP contribution in [0.3, 0.4) is 0 Å². The Bertz CT molecular complexity index is 893. The van der Waals surface area contributed by atoms with Gasteiger partial charge in [-0.2, -0.15) is 5.26 Å². The molecule has 6 heteroatoms. The van der Waals surface area contributed by atoms with E-state index in [-0.39, 0.29) is 5.91 Å². The molecule has 0 radical (unpaired) electrons. The van der Waals surface area contributed by atoms with Gasteiger partial charge in [0.2, 0.25) is 0 Å². The number of thioether (sulfide) groups is 1. The molecule has 26 heavy (non-hydrogen) atoms. The summed E-state index contributed by atoms with van der Waals surface area (Å²) in [5, 5.41) is 16.7. The maximum absolute atomic E-state index is 13.0. The number of para-hydroxylation sites is 1. The normalized spacial score (nSPS) is 16.9. The van der Waals surface area contributed by atoms with Crippen LogP contribution in [0.25, 0.3) is 0 Å². The summed E-state index contributed by atoms with van der Waals surface area (Å²) in [6, 6.07) is 15.1. The Balaban J connectivity index is 2.03. The van der Waals surface area contributed by atoms with E-state index in [0.717, 1.165) is 16.5 Å². The van der Waals surface area contributed by atoms with Gasteiger partial charge in [-0.05, 0) is 36.9 Å². The first-order valence-corrected chi connectivity index (χ1v) is 9.29. The van der Waals surface area contributed by atoms with Crippen molar-refractivity contribution < 1.29 is 9.21 Å². The molecule has 0 aliphatic carbocycles. The minimum atomic E-state index is -0.533. The quantitative estimate of drug-likeness (QED) is 0.823. The predicted octanol–water partition coefficient (Wildman–Crippen LogP) is 4.37. The molecule has 3 rings (SSSR count). The Labute approximate surface area is 156 Å². The van der Waals surface area contributed by atoms with Crippen molar-refractivity contribution in [2.75, 3.05) is 11.1 Å². The zero-order valence-corrected chi connectivity index (χ0v) is 15.4. The van der Waals surface area contributed by atoms with Gasteiger partial charge >= 0.3 is 0 Å². The second kappa shape index (κ2) is 7.98. The fraction of sp³-hybridized carbons (Fsp3) is 0.200. The maximum atomic E-state index is 13.0. The third-order valence-electron chi connectivity index (χ3n) is 4.04. The van der Waals surface area contributed by atoms with Gasteiger partial charge in [0, 0.05) is 11.4 Å². The van der Waals surface area contributed by atoms with Crippen LogP contribution in [-0.4, -0.2) is 11.7 Å². The molecule has 0 saturated carbocycles. The van der Waals surface area contributed by atoms with Gasteiger partial charge in [-0.25, -0.2) is 0 Å². The lowest BCUT2D eigenvalue weighted by molar-refractivity contribution is -0.113. The van der Waals surface area contributed by atoms with Crippen molar-refractivity contribution in [2.45, 2.75) is 19.8 Å². The number of dihydropyridines is 1. The van der Waals surface area contributed by atoms with Crippen molar-refractivity contribution in [3.63, 3.8) is 0 Å². The zero-order valence-electron chi connectivity index (χ0n) is 14.6. The van der Waals surface area contributed by atoms with Crippen LogP contribution in [0.4, 0.5) is 5.69 Å². The van der Waals surface area contributed by atoms with Crippen LogP contribution in [0.2, 0.25) is 0 Å². The van der Waals surface area contributed by atoms with Gasteiger partial charge < -0.3 is 15.1 Å². The molecule has 0 fully saturated rings. The number of amides is 1. The van der Waals surface area contributed by atoms with Crippen LogP contribution in [0, 0.1) is 11.3 Å². The second-order valence-electron chi connectivity index (χ2n) is 5.72. The molecule has 1 unspecified atom stereocenters. The number of hydrogen-bond donors (Lipinski definition) is 2. The summed E-state index contributed by atoms with van der Waals surface area (Å²) < 4.78 is 5.57. The van der Waals surface area contributed by atoms with Gasteiger partial charge in [0.05, 0.1) is 34.4 Å². The smallest absolute Gasteiger partial charge is 0.254 e. The van der Waals surface area contributed by atoms with Crippen LogP contribution in [0.1, 0.15) is 25.5 Å². The highest BCUT2D eigenvalue weighted by Gasteiger charge is 2.36. The van der Waals surface area contributed by atoms with Crippen molar-refractivity contribution in [1.29, 1.82) is 5.26 Å². The molecule has 5 nitrogen and oxygen atoms in total. The molecule has 2 aromatic rings. The molecule has 0 bridgehead atoms. The van der Waals surface area contributed by atoms with E-state index in [4.69, 9.17) is 4.42 Å². The summed E-state index contributed by atoms with van der Waals surface area (Å²) >= 11 is 1.55. The van der Waals surface area contributed by atoms with E-state index in [9.17, 15) is 10.1 Å². The highest BCUT2D eigenvalue weighted by atomic mass is 32.2. The summed E-state index contributed by atoms with van der Waals surface area (Å²) in [6.07, 6.45) is 1.56. The van der Waals surface area contributed by atoms with Crippen molar-refractivity contribution in [3.05, 3.63) is 76.4 Å². The Morgan fingerprint density at radius 1 is 1.31 bits per heavy atom. The summed E-state index contributed by atoms with van der Waals surface area (Å²) in [5.41, 5.74) is 2.40. The number of furan rings is 1. The third kappa shape index (κ3) is 3.53. The van der Waals surface area contributed by atoms with E-state index in [2.05, 4.69) is 16.7 Å². The number of allylic oxidation sites excluding steroid dienone is 2. The lowest BCUT2D eigenvalue weighted by Crippen LogP contribution is -2.30. The van der Waals surface area contributed by atoms with E-state index in [1.807, 2.05) is 44.2 Å². The minimum Gasteiger partial charge on any atom is -0.468 e. The third-order valence-corrected chi connectivity index (χ3v) is 4.94. The van der Waals surface area contributed by atoms with Crippen LogP contribution >= 0.6 is 11.8 Å². The number of nitrogens with one attached hydrogen (secondary N) is 2. The molecular formula is C20H19N3O2S. The zero-order chi connectivity index (χ0) is 18.5. The fourth-order valence-electron chi connectivity index (χ4n) is 2.93. The molecule has 1 amide bonds. The Morgan fingerprint density at radius 2 is 2.08 bits per heavy atom. The monoisotopic (exact) mass is 365 g/mol. The van der Waals surface area contributed by atoms with Crippen LogP contribution in [0.5, 0.6) is 0 Å². The van der Waals surface area contributed by atoms with Gasteiger partial charge in [0.1, 0.15) is 5.76 Å². The molecule has 1 aromatic heterocycles. The Morgan fingerprint density at radius 3 is 2.69 bits per heavy atom. The van der Waals surface area contributed by atoms with Gasteiger partial charge in [0.15, 0.2) is 0 Å². The molecule has 132 valence electrons. The van der Waals surface area contributed by atoms with Crippen molar-refractivity contribution >= 4 is 23.4 Å². The first-order valence-electron chi connectivity index (χ1n) is 8.30. The largest absolute Gasteiger partial charge is 0.468 e. The average Bonchev–Trinajstić information content (AvgIpc) is 3.16. The summed E-state index contributed by atoms with van der Waals surface area (Å²) in [5.74, 6) is 0.608. The number of anilines is 1. The molecular weight excluding hydrogens is 346 g/mol. The summed E-state index contributed by atoms with van der Waals surface area (Å²) in [4.78, 5) is 13.0. The lowest BCUT2D eigenvalue weighted by Gasteiger charge is -2.28. The van der Waals surface area contributed by atoms with Gasteiger partial charge in [-0.15, -0.1) is 11.8 Å². The summed E-state index contributed by atoms with van der Waals surface area (Å²) in [6.45, 7) is 3.87. The first kappa shape index (κ1) is 17.9. The van der Waals surface area contributed by atoms with Crippen LogP contribution in [0.15, 0.2) is 75.0 Å². The van der Waals surface area contributed by atoms with Crippen molar-refractivity contribution in [3.8, 4) is 6.07 Å². The topological polar surface area (TPSA) is 78.1 Å². The highest BCUT2D eigenvalue weighted by Crippen LogP contribution is 2.40. The molecule has 1 aromatic carbocycles. The number of nitriles is 1. The number of nitrogens with zero attached hydrogens (tertiary/aromatic N) is 1. The molecule has 0 spiro atoms. The van der Waals surface area contributed by atoms with E-state index in [1.165, 1.54) is 0 Å². The molecule has 1 aliphatic heterocycles. The number of hydrogen-bond acceptors (Lipinski definition) is 5. The predicted molar refractivity (Wildman–Crippen MR) is 103 cm³/mol. The van der Waals surface area contributed by atoms with E-state index in [0.29, 0.717) is 22.6 Å². The Hall–Kier alpha value is -2.91. The first-order chi connectivity index (χ1) is 12.7. The highest BCUT2D eigenvalue weighted by molar-refractivity contribution is 8.03. The molecule has 2 N–H and O–H groups in total. The van der Waals surface area contributed by atoms with Gasteiger partial charge in [-0.1, -0.05) is 25.1 Å². The second-order valence-corrected chi connectivity index (χ2v) is 6.99. The minimum absolute atomic E-state index is 0.254. The van der Waals surface area contributed by atoms with E-state index in [1.54, 1.807) is 30.2 Å². The van der Waals surface area contributed by atoms with E-state index >= 15 is 0 Å². The van der Waals surface area contributed by atoms with Crippen molar-refractivity contribution in [2.24, 2.45) is 0 Å². The maximum Gasteiger partial charge on any atom is 0.254 e. The summed E-state index contributed by atoms with van der Waals surface area (Å²) in [7, 11) is 0. The van der Waals surface area contributed by atoms with E-state index < -0.39 is 5.92 Å².